The topological polar surface area (TPSA) is 59.4 Å². The van der Waals surface area contributed by atoms with Crippen molar-refractivity contribution < 1.29 is 4.39 Å². The third-order valence-corrected chi connectivity index (χ3v) is 3.50. The number of aliphatic imine (C=N–C) groups is 1. The number of hydrogen-bond acceptors (Lipinski definition) is 4. The number of nitrogens with zero attached hydrogens (tertiary/aromatic N) is 4. The highest BCUT2D eigenvalue weighted by Gasteiger charge is 2.31. The van der Waals surface area contributed by atoms with Crippen LogP contribution < -0.4 is 10.6 Å². The van der Waals surface area contributed by atoms with Crippen molar-refractivity contribution in [3.63, 3.8) is 0 Å². The quantitative estimate of drug-likeness (QED) is 0.906. The van der Waals surface area contributed by atoms with Gasteiger partial charge in [0, 0.05) is 24.5 Å². The number of benzene rings is 1. The Bertz CT molecular complexity index is 659. The molecule has 6 heteroatoms. The van der Waals surface area contributed by atoms with E-state index in [1.807, 2.05) is 25.1 Å². The fourth-order valence-electron chi connectivity index (χ4n) is 2.59. The van der Waals surface area contributed by atoms with Crippen molar-refractivity contribution in [3.05, 3.63) is 47.5 Å². The van der Waals surface area contributed by atoms with Crippen molar-refractivity contribution in [2.45, 2.75) is 13.0 Å². The summed E-state index contributed by atoms with van der Waals surface area (Å²) in [6.07, 6.45) is 1.98. The fourth-order valence-corrected chi connectivity index (χ4v) is 2.59. The summed E-state index contributed by atoms with van der Waals surface area (Å²) in [5, 5.41) is 4.36. The zero-order chi connectivity index (χ0) is 14.3. The van der Waals surface area contributed by atoms with Gasteiger partial charge in [-0.3, -0.25) is 9.67 Å². The minimum Gasteiger partial charge on any atom is -0.369 e. The van der Waals surface area contributed by atoms with Crippen molar-refractivity contribution in [3.8, 4) is 0 Å². The second-order valence-corrected chi connectivity index (χ2v) is 4.90. The Morgan fingerprint density at radius 3 is 2.60 bits per heavy atom. The fraction of sp³-hybridized carbons (Fsp3) is 0.286. The van der Waals surface area contributed by atoms with Crippen LogP contribution in [0.5, 0.6) is 0 Å². The van der Waals surface area contributed by atoms with Gasteiger partial charge < -0.3 is 10.6 Å². The summed E-state index contributed by atoms with van der Waals surface area (Å²) in [4.78, 5) is 6.23. The highest BCUT2D eigenvalue weighted by atomic mass is 19.1. The number of rotatable bonds is 2. The zero-order valence-electron chi connectivity index (χ0n) is 11.4. The zero-order valence-corrected chi connectivity index (χ0v) is 11.4. The highest BCUT2D eigenvalue weighted by Crippen LogP contribution is 2.32. The molecule has 0 saturated carbocycles. The van der Waals surface area contributed by atoms with Gasteiger partial charge in [0.05, 0.1) is 18.3 Å². The second-order valence-electron chi connectivity index (χ2n) is 4.90. The van der Waals surface area contributed by atoms with Gasteiger partial charge in [0.15, 0.2) is 5.96 Å². The Labute approximate surface area is 116 Å². The lowest BCUT2D eigenvalue weighted by Crippen LogP contribution is -2.36. The molecule has 3 rings (SSSR count). The monoisotopic (exact) mass is 273 g/mol. The van der Waals surface area contributed by atoms with Crippen LogP contribution in [0.1, 0.15) is 17.3 Å². The van der Waals surface area contributed by atoms with Crippen LogP contribution in [0.2, 0.25) is 0 Å². The molecule has 1 aromatic heterocycles. The number of aryl methyl sites for hydroxylation is 2. The molecule has 0 saturated heterocycles. The average Bonchev–Trinajstić information content (AvgIpc) is 2.93. The maximum atomic E-state index is 13.1. The summed E-state index contributed by atoms with van der Waals surface area (Å²) in [6, 6.07) is 6.28. The van der Waals surface area contributed by atoms with E-state index in [1.165, 1.54) is 12.1 Å². The summed E-state index contributed by atoms with van der Waals surface area (Å²) in [7, 11) is 1.89. The van der Waals surface area contributed by atoms with Crippen LogP contribution in [0.4, 0.5) is 10.1 Å². The normalized spacial score (nSPS) is 18.4. The van der Waals surface area contributed by atoms with Crippen molar-refractivity contribution in [1.82, 2.24) is 9.78 Å². The molecule has 104 valence electrons. The van der Waals surface area contributed by atoms with Gasteiger partial charge >= 0.3 is 0 Å². The maximum Gasteiger partial charge on any atom is 0.196 e. The van der Waals surface area contributed by atoms with Gasteiger partial charge in [-0.25, -0.2) is 4.39 Å². The molecule has 0 amide bonds. The van der Waals surface area contributed by atoms with E-state index in [0.717, 1.165) is 16.9 Å². The maximum absolute atomic E-state index is 13.1. The van der Waals surface area contributed by atoms with Crippen LogP contribution in [-0.2, 0) is 7.05 Å². The summed E-state index contributed by atoms with van der Waals surface area (Å²) >= 11 is 0. The second kappa shape index (κ2) is 4.63. The molecule has 5 nitrogen and oxygen atoms in total. The van der Waals surface area contributed by atoms with Crippen molar-refractivity contribution in [2.24, 2.45) is 17.8 Å². The SMILES string of the molecule is Cc1nn(C)cc1C1CN=C(N)N1c1ccc(F)cc1. The van der Waals surface area contributed by atoms with Crippen molar-refractivity contribution >= 4 is 11.6 Å². The Morgan fingerprint density at radius 1 is 1.30 bits per heavy atom. The van der Waals surface area contributed by atoms with Crippen LogP contribution >= 0.6 is 0 Å². The van der Waals surface area contributed by atoms with Gasteiger partial charge in [-0.1, -0.05) is 0 Å². The Kier molecular flexibility index (Phi) is 2.93. The number of aromatic nitrogens is 2. The first-order valence-electron chi connectivity index (χ1n) is 6.41. The van der Waals surface area contributed by atoms with E-state index >= 15 is 0 Å². The van der Waals surface area contributed by atoms with E-state index in [4.69, 9.17) is 5.73 Å². The first kappa shape index (κ1) is 12.7. The minimum absolute atomic E-state index is 0.00848. The molecule has 1 aliphatic rings. The van der Waals surface area contributed by atoms with Gasteiger partial charge in [0.2, 0.25) is 0 Å². The van der Waals surface area contributed by atoms with Gasteiger partial charge in [0.25, 0.3) is 0 Å². The summed E-state index contributed by atoms with van der Waals surface area (Å²) in [6.45, 7) is 2.54. The molecule has 0 spiro atoms. The van der Waals surface area contributed by atoms with E-state index < -0.39 is 0 Å². The van der Waals surface area contributed by atoms with Gasteiger partial charge in [0.1, 0.15) is 5.82 Å². The van der Waals surface area contributed by atoms with E-state index in [-0.39, 0.29) is 11.9 Å². The van der Waals surface area contributed by atoms with Crippen LogP contribution in [0.3, 0.4) is 0 Å². The molecular formula is C14H16FN5. The van der Waals surface area contributed by atoms with E-state index in [9.17, 15) is 4.39 Å². The average molecular weight is 273 g/mol. The molecule has 2 N–H and O–H groups in total. The molecular weight excluding hydrogens is 257 g/mol. The largest absolute Gasteiger partial charge is 0.369 e. The Balaban J connectivity index is 2.00. The lowest BCUT2D eigenvalue weighted by atomic mass is 10.1. The summed E-state index contributed by atoms with van der Waals surface area (Å²) < 4.78 is 14.8. The molecule has 1 aliphatic heterocycles. The highest BCUT2D eigenvalue weighted by molar-refractivity contribution is 5.97. The van der Waals surface area contributed by atoms with Crippen LogP contribution in [0, 0.1) is 12.7 Å². The molecule has 2 heterocycles. The van der Waals surface area contributed by atoms with Gasteiger partial charge in [-0.2, -0.15) is 5.10 Å². The first-order chi connectivity index (χ1) is 9.56. The summed E-state index contributed by atoms with van der Waals surface area (Å²) in [5.41, 5.74) is 8.86. The molecule has 0 bridgehead atoms. The number of nitrogens with two attached hydrogens (primary N) is 1. The number of halogens is 1. The number of anilines is 1. The van der Waals surface area contributed by atoms with E-state index in [0.29, 0.717) is 12.5 Å². The Hall–Kier alpha value is -2.37. The van der Waals surface area contributed by atoms with Crippen molar-refractivity contribution in [1.29, 1.82) is 0 Å². The predicted octanol–water partition coefficient (Wildman–Crippen LogP) is 1.74. The summed E-state index contributed by atoms with van der Waals surface area (Å²) in [5.74, 6) is 0.183. The van der Waals surface area contributed by atoms with Gasteiger partial charge in [-0.15, -0.1) is 0 Å². The molecule has 2 aromatic rings. The first-order valence-corrected chi connectivity index (χ1v) is 6.41. The smallest absolute Gasteiger partial charge is 0.196 e. The third kappa shape index (κ3) is 2.03. The lowest BCUT2D eigenvalue weighted by Gasteiger charge is -2.26. The number of guanidine groups is 1. The lowest BCUT2D eigenvalue weighted by molar-refractivity contribution is 0.627. The molecule has 0 radical (unpaired) electrons. The van der Waals surface area contributed by atoms with E-state index in [1.54, 1.807) is 16.8 Å². The molecule has 20 heavy (non-hydrogen) atoms. The van der Waals surface area contributed by atoms with E-state index in [2.05, 4.69) is 10.1 Å². The predicted molar refractivity (Wildman–Crippen MR) is 76.1 cm³/mol. The van der Waals surface area contributed by atoms with Gasteiger partial charge in [-0.05, 0) is 31.2 Å². The standard InChI is InChI=1S/C14H16FN5/c1-9-12(8-19(2)18-9)13-7-17-14(16)20(13)11-5-3-10(15)4-6-11/h3-6,8,13H,7H2,1-2H3,(H2,16,17). The van der Waals surface area contributed by atoms with Crippen LogP contribution in [-0.4, -0.2) is 22.3 Å². The minimum atomic E-state index is -0.266. The molecule has 0 fully saturated rings. The Morgan fingerprint density at radius 2 is 2.00 bits per heavy atom. The molecule has 0 aliphatic carbocycles. The number of hydrogen-bond donors (Lipinski definition) is 1. The molecule has 1 aromatic carbocycles. The molecule has 1 unspecified atom stereocenters. The van der Waals surface area contributed by atoms with Crippen LogP contribution in [0.25, 0.3) is 0 Å². The van der Waals surface area contributed by atoms with Crippen LogP contribution in [0.15, 0.2) is 35.5 Å². The third-order valence-electron chi connectivity index (χ3n) is 3.50. The van der Waals surface area contributed by atoms with Crippen molar-refractivity contribution in [2.75, 3.05) is 11.4 Å². The molecule has 1 atom stereocenters.